The lowest BCUT2D eigenvalue weighted by Crippen LogP contribution is -2.35. The Kier molecular flexibility index (Phi) is 3.31. The number of hydrogen-bond donors (Lipinski definition) is 1. The number of nitrogens with one attached hydrogen (secondary N) is 1. The third-order valence-electron chi connectivity index (χ3n) is 4.26. The van der Waals surface area contributed by atoms with Crippen molar-refractivity contribution in [3.05, 3.63) is 17.2 Å². The Hall–Kier alpha value is -1.36. The summed E-state index contributed by atoms with van der Waals surface area (Å²) in [6.45, 7) is 7.65. The average molecular weight is 262 g/mol. The van der Waals surface area contributed by atoms with Crippen LogP contribution in [-0.4, -0.2) is 40.0 Å². The number of hydrogen-bond acceptors (Lipinski definition) is 3. The smallest absolute Gasteiger partial charge is 0.245 e. The van der Waals surface area contributed by atoms with Gasteiger partial charge in [0.05, 0.1) is 5.69 Å². The van der Waals surface area contributed by atoms with Crippen molar-refractivity contribution in [1.29, 1.82) is 0 Å². The zero-order valence-corrected chi connectivity index (χ0v) is 11.8. The Balaban J connectivity index is 1.88. The summed E-state index contributed by atoms with van der Waals surface area (Å²) in [6, 6.07) is -0.118. The van der Waals surface area contributed by atoms with E-state index >= 15 is 0 Å². The predicted molar refractivity (Wildman–Crippen MR) is 72.9 cm³/mol. The third-order valence-corrected chi connectivity index (χ3v) is 4.26. The van der Waals surface area contributed by atoms with Crippen molar-refractivity contribution in [3.63, 3.8) is 0 Å². The number of nitrogens with zero attached hydrogens (tertiary/aromatic N) is 3. The Morgan fingerprint density at radius 2 is 2.11 bits per heavy atom. The van der Waals surface area contributed by atoms with Gasteiger partial charge in [0, 0.05) is 38.3 Å². The van der Waals surface area contributed by atoms with Crippen molar-refractivity contribution in [2.45, 2.75) is 45.7 Å². The maximum Gasteiger partial charge on any atom is 0.245 e. The minimum absolute atomic E-state index is 0.118. The van der Waals surface area contributed by atoms with Gasteiger partial charge in [-0.3, -0.25) is 4.79 Å². The van der Waals surface area contributed by atoms with Gasteiger partial charge in [-0.25, -0.2) is 4.98 Å². The molecule has 1 amide bonds. The molecule has 0 radical (unpaired) electrons. The quantitative estimate of drug-likeness (QED) is 0.866. The number of carbonyl (C=O) groups excluding carboxylic acids is 1. The average Bonchev–Trinajstić information content (AvgIpc) is 3.03. The Labute approximate surface area is 114 Å². The Morgan fingerprint density at radius 1 is 1.37 bits per heavy atom. The molecule has 1 unspecified atom stereocenters. The largest absolute Gasteiger partial charge is 0.341 e. The van der Waals surface area contributed by atoms with Crippen molar-refractivity contribution < 1.29 is 4.79 Å². The van der Waals surface area contributed by atoms with E-state index in [0.29, 0.717) is 0 Å². The first-order chi connectivity index (χ1) is 9.18. The first-order valence-corrected chi connectivity index (χ1v) is 7.24. The molecular formula is C14H22N4O. The maximum absolute atomic E-state index is 12.5. The normalized spacial score (nSPS) is 20.4. The molecule has 1 N–H and O–H groups in total. The van der Waals surface area contributed by atoms with E-state index < -0.39 is 0 Å². The van der Waals surface area contributed by atoms with Crippen LogP contribution in [0.1, 0.15) is 43.0 Å². The molecule has 0 aromatic carbocycles. The van der Waals surface area contributed by atoms with Gasteiger partial charge < -0.3 is 14.8 Å². The van der Waals surface area contributed by atoms with Crippen LogP contribution in [-0.2, 0) is 17.8 Å². The van der Waals surface area contributed by atoms with Crippen LogP contribution in [0.3, 0.4) is 0 Å². The highest BCUT2D eigenvalue weighted by Gasteiger charge is 2.28. The summed E-state index contributed by atoms with van der Waals surface area (Å²) in [5.74, 6) is 1.22. The molecule has 1 saturated heterocycles. The molecule has 2 aliphatic heterocycles. The number of amides is 1. The Morgan fingerprint density at radius 3 is 2.84 bits per heavy atom. The lowest BCUT2D eigenvalue weighted by Gasteiger charge is -2.25. The summed E-state index contributed by atoms with van der Waals surface area (Å²) in [5.41, 5.74) is 2.36. The number of carbonyl (C=O) groups is 1. The van der Waals surface area contributed by atoms with E-state index in [9.17, 15) is 4.79 Å². The second-order valence-electron chi connectivity index (χ2n) is 5.56. The van der Waals surface area contributed by atoms with Gasteiger partial charge in [0.1, 0.15) is 11.9 Å². The number of fused-ring (bicyclic) bond motifs is 1. The van der Waals surface area contributed by atoms with Crippen LogP contribution in [0.15, 0.2) is 0 Å². The van der Waals surface area contributed by atoms with Crippen molar-refractivity contribution in [3.8, 4) is 0 Å². The number of aromatic nitrogens is 2. The van der Waals surface area contributed by atoms with Crippen LogP contribution in [0.4, 0.5) is 0 Å². The van der Waals surface area contributed by atoms with Crippen LogP contribution in [0, 0.1) is 6.92 Å². The van der Waals surface area contributed by atoms with E-state index in [-0.39, 0.29) is 11.9 Å². The fourth-order valence-electron chi connectivity index (χ4n) is 3.29. The van der Waals surface area contributed by atoms with Crippen LogP contribution in [0.25, 0.3) is 0 Å². The molecule has 1 aromatic rings. The third kappa shape index (κ3) is 2.16. The second kappa shape index (κ2) is 4.96. The summed E-state index contributed by atoms with van der Waals surface area (Å²) >= 11 is 0. The molecule has 0 bridgehead atoms. The first kappa shape index (κ1) is 12.7. The molecule has 1 atom stereocenters. The van der Waals surface area contributed by atoms with Gasteiger partial charge in [-0.2, -0.15) is 0 Å². The van der Waals surface area contributed by atoms with Gasteiger partial charge in [0.2, 0.25) is 5.91 Å². The summed E-state index contributed by atoms with van der Waals surface area (Å²) in [6.07, 6.45) is 3.25. The summed E-state index contributed by atoms with van der Waals surface area (Å²) in [5, 5.41) is 3.33. The van der Waals surface area contributed by atoms with E-state index in [1.807, 2.05) is 18.7 Å². The minimum atomic E-state index is -0.118. The molecule has 5 heteroatoms. The molecule has 1 fully saturated rings. The predicted octanol–water partition coefficient (Wildman–Crippen LogP) is 1.02. The number of imidazole rings is 1. The molecule has 2 aliphatic rings. The molecule has 104 valence electrons. The van der Waals surface area contributed by atoms with Crippen LogP contribution < -0.4 is 5.32 Å². The summed E-state index contributed by atoms with van der Waals surface area (Å²) in [4.78, 5) is 19.2. The maximum atomic E-state index is 12.5. The zero-order chi connectivity index (χ0) is 13.4. The van der Waals surface area contributed by atoms with E-state index in [2.05, 4.69) is 14.9 Å². The fraction of sp³-hybridized carbons (Fsp3) is 0.714. The van der Waals surface area contributed by atoms with Crippen LogP contribution in [0.2, 0.25) is 0 Å². The van der Waals surface area contributed by atoms with Crippen molar-refractivity contribution in [2.24, 2.45) is 0 Å². The van der Waals surface area contributed by atoms with Gasteiger partial charge in [0.25, 0.3) is 0 Å². The van der Waals surface area contributed by atoms with Crippen molar-refractivity contribution in [1.82, 2.24) is 19.8 Å². The van der Waals surface area contributed by atoms with Crippen molar-refractivity contribution in [2.75, 3.05) is 19.6 Å². The van der Waals surface area contributed by atoms with Crippen LogP contribution in [0.5, 0.6) is 0 Å². The van der Waals surface area contributed by atoms with Gasteiger partial charge in [-0.15, -0.1) is 0 Å². The highest BCUT2D eigenvalue weighted by atomic mass is 16.2. The fourth-order valence-corrected chi connectivity index (χ4v) is 3.29. The highest BCUT2D eigenvalue weighted by molar-refractivity contribution is 5.80. The lowest BCUT2D eigenvalue weighted by atomic mass is 10.1. The van der Waals surface area contributed by atoms with Gasteiger partial charge in [-0.05, 0) is 26.7 Å². The minimum Gasteiger partial charge on any atom is -0.341 e. The topological polar surface area (TPSA) is 50.2 Å². The summed E-state index contributed by atoms with van der Waals surface area (Å²) < 4.78 is 2.15. The summed E-state index contributed by atoms with van der Waals surface area (Å²) in [7, 11) is 0. The molecule has 5 nitrogen and oxygen atoms in total. The van der Waals surface area contributed by atoms with Gasteiger partial charge >= 0.3 is 0 Å². The number of rotatable bonds is 2. The molecule has 0 saturated carbocycles. The van der Waals surface area contributed by atoms with Gasteiger partial charge in [-0.1, -0.05) is 0 Å². The van der Waals surface area contributed by atoms with E-state index in [1.54, 1.807) is 0 Å². The van der Waals surface area contributed by atoms with Crippen LogP contribution >= 0.6 is 0 Å². The molecule has 3 heterocycles. The molecular weight excluding hydrogens is 240 g/mol. The zero-order valence-electron chi connectivity index (χ0n) is 11.8. The van der Waals surface area contributed by atoms with E-state index in [0.717, 1.165) is 57.0 Å². The highest BCUT2D eigenvalue weighted by Crippen LogP contribution is 2.23. The van der Waals surface area contributed by atoms with E-state index in [1.165, 1.54) is 5.69 Å². The molecule has 3 rings (SSSR count). The lowest BCUT2D eigenvalue weighted by molar-refractivity contribution is -0.133. The molecule has 0 spiro atoms. The van der Waals surface area contributed by atoms with Gasteiger partial charge in [0.15, 0.2) is 0 Å². The van der Waals surface area contributed by atoms with E-state index in [4.69, 9.17) is 0 Å². The molecule has 1 aromatic heterocycles. The molecule has 19 heavy (non-hydrogen) atoms. The second-order valence-corrected chi connectivity index (χ2v) is 5.56. The first-order valence-electron chi connectivity index (χ1n) is 7.24. The van der Waals surface area contributed by atoms with Crippen molar-refractivity contribution >= 4 is 5.91 Å². The monoisotopic (exact) mass is 262 g/mol. The number of aryl methyl sites for hydroxylation is 1. The Bertz CT molecular complexity index is 488. The molecule has 0 aliphatic carbocycles. The standard InChI is InChI=1S/C14H22N4O/c1-10(14(19)17-7-3-4-8-17)18-11(2)16-12-9-15-6-5-13(12)18/h10,15H,3-9H2,1-2H3. The SMILES string of the molecule is Cc1nc2c(n1C(C)C(=O)N1CCCC1)CCNC2. The number of likely N-dealkylation sites (tertiary alicyclic amines) is 1.